The van der Waals surface area contributed by atoms with Crippen LogP contribution in [-0.4, -0.2) is 30.5 Å². The maximum atomic E-state index is 13.1. The number of aryl methyl sites for hydroxylation is 1. The van der Waals surface area contributed by atoms with Crippen LogP contribution in [0.2, 0.25) is 5.02 Å². The molecule has 0 spiro atoms. The van der Waals surface area contributed by atoms with E-state index < -0.39 is 17.3 Å². The predicted molar refractivity (Wildman–Crippen MR) is 106 cm³/mol. The molecule has 0 saturated carbocycles. The molecule has 4 aromatic rings. The van der Waals surface area contributed by atoms with E-state index in [4.69, 9.17) is 11.6 Å². The number of carbonyl (C=O) groups is 1. The van der Waals surface area contributed by atoms with E-state index in [2.05, 4.69) is 20.6 Å². The smallest absolute Gasteiger partial charge is 0.284 e. The van der Waals surface area contributed by atoms with Crippen LogP contribution in [-0.2, 0) is 11.3 Å². The van der Waals surface area contributed by atoms with Gasteiger partial charge in [0.05, 0.1) is 5.69 Å². The summed E-state index contributed by atoms with van der Waals surface area (Å²) < 4.78 is 15.6. The van der Waals surface area contributed by atoms with Gasteiger partial charge in [0.25, 0.3) is 5.56 Å². The number of hydrogen-bond donors (Lipinski definition) is 1. The summed E-state index contributed by atoms with van der Waals surface area (Å²) in [4.78, 5) is 29.2. The SMILES string of the molecule is Cc1ccc(NC(=O)Cn2cnc3c(nnn3-c3ccc(F)cc3)c2=O)cc1Cl. The molecule has 0 fully saturated rings. The topological polar surface area (TPSA) is 94.7 Å². The van der Waals surface area contributed by atoms with Crippen LogP contribution in [0.25, 0.3) is 16.9 Å². The van der Waals surface area contributed by atoms with Gasteiger partial charge in [-0.1, -0.05) is 22.9 Å². The minimum Gasteiger partial charge on any atom is -0.324 e. The van der Waals surface area contributed by atoms with Crippen LogP contribution in [0.1, 0.15) is 5.56 Å². The minimum absolute atomic E-state index is 0.00278. The van der Waals surface area contributed by atoms with Crippen molar-refractivity contribution in [2.45, 2.75) is 13.5 Å². The first-order valence-corrected chi connectivity index (χ1v) is 8.93. The maximum Gasteiger partial charge on any atom is 0.284 e. The molecule has 0 bridgehead atoms. The zero-order valence-electron chi connectivity index (χ0n) is 15.1. The fourth-order valence-electron chi connectivity index (χ4n) is 2.74. The molecule has 0 saturated heterocycles. The summed E-state index contributed by atoms with van der Waals surface area (Å²) in [5, 5.41) is 11.0. The lowest BCUT2D eigenvalue weighted by atomic mass is 10.2. The fourth-order valence-corrected chi connectivity index (χ4v) is 2.92. The molecule has 2 aromatic heterocycles. The van der Waals surface area contributed by atoms with Gasteiger partial charge in [-0.05, 0) is 48.9 Å². The minimum atomic E-state index is -0.513. The zero-order valence-corrected chi connectivity index (χ0v) is 15.9. The third-order valence-corrected chi connectivity index (χ3v) is 4.68. The number of aromatic nitrogens is 5. The highest BCUT2D eigenvalue weighted by Gasteiger charge is 2.15. The summed E-state index contributed by atoms with van der Waals surface area (Å²) in [6.45, 7) is 1.60. The number of carbonyl (C=O) groups excluding carboxylic acids is 1. The fraction of sp³-hybridized carbons (Fsp3) is 0.105. The molecule has 29 heavy (non-hydrogen) atoms. The van der Waals surface area contributed by atoms with Crippen molar-refractivity contribution in [1.29, 1.82) is 0 Å². The van der Waals surface area contributed by atoms with Crippen molar-refractivity contribution in [3.8, 4) is 5.69 Å². The average Bonchev–Trinajstić information content (AvgIpc) is 3.12. The van der Waals surface area contributed by atoms with Crippen LogP contribution in [0.4, 0.5) is 10.1 Å². The Labute approximate surface area is 168 Å². The normalized spacial score (nSPS) is 11.0. The number of hydrogen-bond acceptors (Lipinski definition) is 5. The van der Waals surface area contributed by atoms with E-state index in [9.17, 15) is 14.0 Å². The molecule has 2 aromatic carbocycles. The number of halogens is 2. The summed E-state index contributed by atoms with van der Waals surface area (Å²) in [5.74, 6) is -0.812. The molecule has 0 aliphatic rings. The first kappa shape index (κ1) is 18.8. The average molecular weight is 413 g/mol. The van der Waals surface area contributed by atoms with Crippen LogP contribution in [0.5, 0.6) is 0 Å². The number of anilines is 1. The van der Waals surface area contributed by atoms with Gasteiger partial charge < -0.3 is 5.32 Å². The van der Waals surface area contributed by atoms with Gasteiger partial charge in [-0.2, -0.15) is 4.68 Å². The molecule has 0 atom stereocenters. The Kier molecular flexibility index (Phi) is 4.81. The van der Waals surface area contributed by atoms with E-state index in [1.54, 1.807) is 18.2 Å². The van der Waals surface area contributed by atoms with E-state index in [1.807, 2.05) is 6.92 Å². The number of nitrogens with zero attached hydrogens (tertiary/aromatic N) is 5. The molecule has 146 valence electrons. The van der Waals surface area contributed by atoms with Gasteiger partial charge >= 0.3 is 0 Å². The molecule has 2 heterocycles. The third-order valence-electron chi connectivity index (χ3n) is 4.27. The molecular formula is C19H14ClFN6O2. The third kappa shape index (κ3) is 3.72. The van der Waals surface area contributed by atoms with E-state index in [-0.39, 0.29) is 17.7 Å². The van der Waals surface area contributed by atoms with Gasteiger partial charge in [0.2, 0.25) is 5.91 Å². The Morgan fingerprint density at radius 1 is 1.21 bits per heavy atom. The van der Waals surface area contributed by atoms with Gasteiger partial charge in [0.15, 0.2) is 11.2 Å². The number of amides is 1. The molecular weight excluding hydrogens is 399 g/mol. The molecule has 0 aliphatic carbocycles. The molecule has 0 unspecified atom stereocenters. The molecule has 1 N–H and O–H groups in total. The van der Waals surface area contributed by atoms with Crippen LogP contribution < -0.4 is 10.9 Å². The second kappa shape index (κ2) is 7.44. The number of benzene rings is 2. The first-order valence-electron chi connectivity index (χ1n) is 8.55. The van der Waals surface area contributed by atoms with Crippen molar-refractivity contribution in [2.24, 2.45) is 0 Å². The Balaban J connectivity index is 1.59. The lowest BCUT2D eigenvalue weighted by Gasteiger charge is -2.08. The van der Waals surface area contributed by atoms with Crippen LogP contribution in [0.15, 0.2) is 53.6 Å². The molecule has 0 radical (unpaired) electrons. The van der Waals surface area contributed by atoms with Crippen molar-refractivity contribution in [3.63, 3.8) is 0 Å². The van der Waals surface area contributed by atoms with Gasteiger partial charge in [0.1, 0.15) is 18.7 Å². The highest BCUT2D eigenvalue weighted by atomic mass is 35.5. The van der Waals surface area contributed by atoms with E-state index in [1.165, 1.54) is 35.3 Å². The molecule has 1 amide bonds. The van der Waals surface area contributed by atoms with Gasteiger partial charge in [-0.15, -0.1) is 5.10 Å². The van der Waals surface area contributed by atoms with Crippen molar-refractivity contribution < 1.29 is 9.18 Å². The highest BCUT2D eigenvalue weighted by molar-refractivity contribution is 6.31. The summed E-state index contributed by atoms with van der Waals surface area (Å²) >= 11 is 6.05. The van der Waals surface area contributed by atoms with E-state index in [0.29, 0.717) is 16.4 Å². The maximum absolute atomic E-state index is 13.1. The number of fused-ring (bicyclic) bond motifs is 1. The summed E-state index contributed by atoms with van der Waals surface area (Å²) in [6, 6.07) is 10.7. The van der Waals surface area contributed by atoms with Crippen LogP contribution >= 0.6 is 11.6 Å². The Hall–Kier alpha value is -3.59. The van der Waals surface area contributed by atoms with Crippen LogP contribution in [0.3, 0.4) is 0 Å². The number of rotatable bonds is 4. The van der Waals surface area contributed by atoms with Crippen molar-refractivity contribution >= 4 is 34.4 Å². The highest BCUT2D eigenvalue weighted by Crippen LogP contribution is 2.20. The number of nitrogens with one attached hydrogen (secondary N) is 1. The van der Waals surface area contributed by atoms with Crippen molar-refractivity contribution in [3.05, 3.63) is 75.5 Å². The summed E-state index contributed by atoms with van der Waals surface area (Å²) in [7, 11) is 0. The van der Waals surface area contributed by atoms with Crippen molar-refractivity contribution in [1.82, 2.24) is 24.5 Å². The predicted octanol–water partition coefficient (Wildman–Crippen LogP) is 2.72. The Morgan fingerprint density at radius 2 is 1.97 bits per heavy atom. The quantitative estimate of drug-likeness (QED) is 0.556. The monoisotopic (exact) mass is 412 g/mol. The molecule has 4 rings (SSSR count). The molecule has 8 nitrogen and oxygen atoms in total. The Bertz CT molecular complexity index is 1280. The van der Waals surface area contributed by atoms with Crippen LogP contribution in [0, 0.1) is 12.7 Å². The van der Waals surface area contributed by atoms with Gasteiger partial charge in [-0.3, -0.25) is 14.2 Å². The van der Waals surface area contributed by atoms with E-state index >= 15 is 0 Å². The summed E-state index contributed by atoms with van der Waals surface area (Å²) in [6.07, 6.45) is 1.25. The second-order valence-corrected chi connectivity index (χ2v) is 6.75. The van der Waals surface area contributed by atoms with E-state index in [0.717, 1.165) is 10.1 Å². The molecule has 0 aliphatic heterocycles. The lowest BCUT2D eigenvalue weighted by molar-refractivity contribution is -0.116. The van der Waals surface area contributed by atoms with Crippen molar-refractivity contribution in [2.75, 3.05) is 5.32 Å². The Morgan fingerprint density at radius 3 is 2.69 bits per heavy atom. The zero-order chi connectivity index (χ0) is 20.5. The largest absolute Gasteiger partial charge is 0.324 e. The first-order chi connectivity index (χ1) is 13.9. The lowest BCUT2D eigenvalue weighted by Crippen LogP contribution is -2.28. The molecule has 10 heteroatoms. The second-order valence-electron chi connectivity index (χ2n) is 6.34. The van der Waals surface area contributed by atoms with Gasteiger partial charge in [0, 0.05) is 10.7 Å². The summed E-state index contributed by atoms with van der Waals surface area (Å²) in [5.41, 5.74) is 1.62. The standard InChI is InChI=1S/C19H14ClFN6O2/c1-11-2-5-13(8-15(11)20)23-16(28)9-26-10-22-18-17(19(26)29)24-25-27(18)14-6-3-12(21)4-7-14/h2-8,10H,9H2,1H3,(H,23,28). The van der Waals surface area contributed by atoms with Gasteiger partial charge in [-0.25, -0.2) is 9.37 Å².